The number of rotatable bonds is 6. The van der Waals surface area contributed by atoms with Gasteiger partial charge in [-0.3, -0.25) is 4.90 Å². The summed E-state index contributed by atoms with van der Waals surface area (Å²) in [7, 11) is -3.60. The van der Waals surface area contributed by atoms with Crippen molar-refractivity contribution in [1.29, 1.82) is 0 Å². The summed E-state index contributed by atoms with van der Waals surface area (Å²) in [6.07, 6.45) is 0. The number of anilines is 1. The van der Waals surface area contributed by atoms with E-state index in [-0.39, 0.29) is 5.03 Å². The number of para-hydroxylation sites is 2. The van der Waals surface area contributed by atoms with Gasteiger partial charge in [0.1, 0.15) is 0 Å². The van der Waals surface area contributed by atoms with Gasteiger partial charge in [-0.25, -0.2) is 18.1 Å². The SMILES string of the molecule is O=S(=O)(NCCN1CCN(c2ccccc2)CC1)c1ccc2ccccc2n1. The quantitative estimate of drug-likeness (QED) is 0.693. The topological polar surface area (TPSA) is 65.5 Å². The molecule has 146 valence electrons. The second kappa shape index (κ2) is 8.26. The summed E-state index contributed by atoms with van der Waals surface area (Å²) < 4.78 is 27.8. The lowest BCUT2D eigenvalue weighted by Gasteiger charge is -2.36. The summed E-state index contributed by atoms with van der Waals surface area (Å²) in [6.45, 7) is 4.80. The van der Waals surface area contributed by atoms with Crippen molar-refractivity contribution in [2.24, 2.45) is 0 Å². The third-order valence-corrected chi connectivity index (χ3v) is 6.42. The van der Waals surface area contributed by atoms with Crippen LogP contribution in [-0.2, 0) is 10.0 Å². The molecule has 1 aliphatic heterocycles. The molecule has 2 heterocycles. The van der Waals surface area contributed by atoms with Crippen molar-refractivity contribution in [3.05, 3.63) is 66.7 Å². The van der Waals surface area contributed by atoms with Crippen LogP contribution in [0.15, 0.2) is 71.8 Å². The van der Waals surface area contributed by atoms with Crippen LogP contribution in [0.25, 0.3) is 10.9 Å². The molecule has 1 fully saturated rings. The smallest absolute Gasteiger partial charge is 0.258 e. The van der Waals surface area contributed by atoms with E-state index in [4.69, 9.17) is 0 Å². The summed E-state index contributed by atoms with van der Waals surface area (Å²) in [4.78, 5) is 8.93. The van der Waals surface area contributed by atoms with Crippen molar-refractivity contribution in [3.63, 3.8) is 0 Å². The lowest BCUT2D eigenvalue weighted by atomic mass is 10.2. The molecule has 0 radical (unpaired) electrons. The summed E-state index contributed by atoms with van der Waals surface area (Å²) in [5, 5.41) is 0.998. The molecule has 0 unspecified atom stereocenters. The van der Waals surface area contributed by atoms with Crippen LogP contribution in [0.3, 0.4) is 0 Å². The second-order valence-corrected chi connectivity index (χ2v) is 8.62. The summed E-state index contributed by atoms with van der Waals surface area (Å²) >= 11 is 0. The van der Waals surface area contributed by atoms with Crippen molar-refractivity contribution < 1.29 is 8.42 Å². The number of aromatic nitrogens is 1. The number of hydrogen-bond acceptors (Lipinski definition) is 5. The average Bonchev–Trinajstić information content (AvgIpc) is 2.74. The van der Waals surface area contributed by atoms with E-state index in [1.54, 1.807) is 12.1 Å². The molecular weight excluding hydrogens is 372 g/mol. The Kier molecular flexibility index (Phi) is 5.57. The molecule has 1 aromatic heterocycles. The van der Waals surface area contributed by atoms with E-state index in [1.807, 2.05) is 30.3 Å². The minimum atomic E-state index is -3.60. The Bertz CT molecular complexity index is 1030. The number of pyridine rings is 1. The number of hydrogen-bond donors (Lipinski definition) is 1. The molecule has 2 aromatic carbocycles. The van der Waals surface area contributed by atoms with Crippen molar-refractivity contribution in [3.8, 4) is 0 Å². The molecule has 0 amide bonds. The van der Waals surface area contributed by atoms with Gasteiger partial charge in [0.05, 0.1) is 5.52 Å². The van der Waals surface area contributed by atoms with Crippen LogP contribution < -0.4 is 9.62 Å². The van der Waals surface area contributed by atoms with E-state index >= 15 is 0 Å². The molecule has 1 saturated heterocycles. The molecule has 28 heavy (non-hydrogen) atoms. The Balaban J connectivity index is 1.29. The van der Waals surface area contributed by atoms with Crippen LogP contribution in [0, 0.1) is 0 Å². The number of piperazine rings is 1. The maximum absolute atomic E-state index is 12.6. The first-order valence-electron chi connectivity index (χ1n) is 9.50. The summed E-state index contributed by atoms with van der Waals surface area (Å²) in [5.74, 6) is 0. The zero-order valence-electron chi connectivity index (χ0n) is 15.7. The highest BCUT2D eigenvalue weighted by Crippen LogP contribution is 2.16. The predicted molar refractivity (Wildman–Crippen MR) is 112 cm³/mol. The maximum atomic E-state index is 12.6. The van der Waals surface area contributed by atoms with Gasteiger partial charge in [0.25, 0.3) is 10.0 Å². The average molecular weight is 397 g/mol. The molecule has 0 spiro atoms. The van der Waals surface area contributed by atoms with E-state index in [0.717, 1.165) is 31.6 Å². The highest BCUT2D eigenvalue weighted by atomic mass is 32.2. The Morgan fingerprint density at radius 3 is 2.36 bits per heavy atom. The second-order valence-electron chi connectivity index (χ2n) is 6.90. The first-order chi connectivity index (χ1) is 13.6. The molecule has 7 heteroatoms. The minimum Gasteiger partial charge on any atom is -0.369 e. The molecule has 0 aliphatic carbocycles. The fourth-order valence-electron chi connectivity index (χ4n) is 3.48. The number of sulfonamides is 1. The monoisotopic (exact) mass is 396 g/mol. The van der Waals surface area contributed by atoms with Gasteiger partial charge >= 0.3 is 0 Å². The highest BCUT2D eigenvalue weighted by Gasteiger charge is 2.19. The fourth-order valence-corrected chi connectivity index (χ4v) is 4.45. The lowest BCUT2D eigenvalue weighted by Crippen LogP contribution is -2.48. The first kappa shape index (κ1) is 18.9. The first-order valence-corrected chi connectivity index (χ1v) is 11.0. The number of nitrogens with one attached hydrogen (secondary N) is 1. The molecule has 0 atom stereocenters. The number of benzene rings is 2. The zero-order valence-corrected chi connectivity index (χ0v) is 16.5. The third kappa shape index (κ3) is 4.32. The molecule has 3 aromatic rings. The standard InChI is InChI=1S/C21H24N4O2S/c26-28(27,21-11-10-18-6-4-5-9-20(18)23-21)22-12-13-24-14-16-25(17-15-24)19-7-2-1-3-8-19/h1-11,22H,12-17H2. The van der Waals surface area contributed by atoms with Crippen LogP contribution >= 0.6 is 0 Å². The van der Waals surface area contributed by atoms with Crippen molar-refractivity contribution >= 4 is 26.6 Å². The van der Waals surface area contributed by atoms with E-state index in [1.165, 1.54) is 5.69 Å². The zero-order chi connectivity index (χ0) is 19.4. The van der Waals surface area contributed by atoms with Crippen LogP contribution in [-0.4, -0.2) is 57.6 Å². The van der Waals surface area contributed by atoms with Crippen molar-refractivity contribution in [2.75, 3.05) is 44.2 Å². The van der Waals surface area contributed by atoms with Gasteiger partial charge in [0, 0.05) is 50.3 Å². The van der Waals surface area contributed by atoms with Crippen LogP contribution in [0.4, 0.5) is 5.69 Å². The molecule has 0 bridgehead atoms. The molecule has 1 N–H and O–H groups in total. The van der Waals surface area contributed by atoms with Crippen LogP contribution in [0.2, 0.25) is 0 Å². The van der Waals surface area contributed by atoms with Gasteiger partial charge < -0.3 is 4.90 Å². The molecule has 4 rings (SSSR count). The van der Waals surface area contributed by atoms with Gasteiger partial charge in [0.15, 0.2) is 5.03 Å². The van der Waals surface area contributed by atoms with E-state index < -0.39 is 10.0 Å². The van der Waals surface area contributed by atoms with Crippen molar-refractivity contribution in [1.82, 2.24) is 14.6 Å². The Morgan fingerprint density at radius 2 is 1.57 bits per heavy atom. The summed E-state index contributed by atoms with van der Waals surface area (Å²) in [5.41, 5.74) is 1.92. The number of fused-ring (bicyclic) bond motifs is 1. The molecule has 0 saturated carbocycles. The van der Waals surface area contributed by atoms with E-state index in [2.05, 4.69) is 43.8 Å². The van der Waals surface area contributed by atoms with E-state index in [9.17, 15) is 8.42 Å². The Morgan fingerprint density at radius 1 is 0.857 bits per heavy atom. The lowest BCUT2D eigenvalue weighted by molar-refractivity contribution is 0.262. The Labute approximate surface area is 165 Å². The van der Waals surface area contributed by atoms with Gasteiger partial charge in [-0.1, -0.05) is 36.4 Å². The third-order valence-electron chi connectivity index (χ3n) is 5.06. The number of nitrogens with zero attached hydrogens (tertiary/aromatic N) is 3. The van der Waals surface area contributed by atoms with E-state index in [0.29, 0.717) is 18.6 Å². The van der Waals surface area contributed by atoms with Gasteiger partial charge in [-0.05, 0) is 30.3 Å². The molecule has 1 aliphatic rings. The molecular formula is C21H24N4O2S. The normalized spacial score (nSPS) is 15.8. The largest absolute Gasteiger partial charge is 0.369 e. The van der Waals surface area contributed by atoms with Gasteiger partial charge in [-0.2, -0.15) is 0 Å². The molecule has 6 nitrogen and oxygen atoms in total. The van der Waals surface area contributed by atoms with Crippen LogP contribution in [0.1, 0.15) is 0 Å². The highest BCUT2D eigenvalue weighted by molar-refractivity contribution is 7.89. The minimum absolute atomic E-state index is 0.0695. The van der Waals surface area contributed by atoms with Gasteiger partial charge in [-0.15, -0.1) is 0 Å². The Hall–Kier alpha value is -2.48. The maximum Gasteiger partial charge on any atom is 0.258 e. The van der Waals surface area contributed by atoms with Crippen molar-refractivity contribution in [2.45, 2.75) is 5.03 Å². The predicted octanol–water partition coefficient (Wildman–Crippen LogP) is 2.34. The van der Waals surface area contributed by atoms with Crippen LogP contribution in [0.5, 0.6) is 0 Å². The summed E-state index contributed by atoms with van der Waals surface area (Å²) in [6, 6.07) is 21.2. The fraction of sp³-hybridized carbons (Fsp3) is 0.286. The van der Waals surface area contributed by atoms with Gasteiger partial charge in [0.2, 0.25) is 0 Å².